The highest BCUT2D eigenvalue weighted by atomic mass is 16.5. The number of hydrogen-bond acceptors (Lipinski definition) is 3. The van der Waals surface area contributed by atoms with Crippen molar-refractivity contribution in [3.63, 3.8) is 0 Å². The van der Waals surface area contributed by atoms with E-state index in [2.05, 4.69) is 18.3 Å². The molecule has 1 aromatic carbocycles. The molecule has 0 aromatic heterocycles. The molecule has 94 valence electrons. The summed E-state index contributed by atoms with van der Waals surface area (Å²) in [5.41, 5.74) is 1.28. The largest absolute Gasteiger partial charge is 0.497 e. The Morgan fingerprint density at radius 3 is 2.71 bits per heavy atom. The molecule has 1 N–H and O–H groups in total. The second-order valence-corrected chi connectivity index (χ2v) is 4.65. The molecule has 0 bridgehead atoms. The Bertz CT molecular complexity index is 372. The molecule has 3 nitrogen and oxygen atoms in total. The van der Waals surface area contributed by atoms with E-state index in [0.29, 0.717) is 11.8 Å². The monoisotopic (exact) mass is 235 g/mol. The van der Waals surface area contributed by atoms with E-state index in [1.54, 1.807) is 14.2 Å². The van der Waals surface area contributed by atoms with Crippen LogP contribution in [-0.2, 0) is 0 Å². The summed E-state index contributed by atoms with van der Waals surface area (Å²) in [6.07, 6.45) is 1.25. The first-order chi connectivity index (χ1) is 8.26. The number of methoxy groups -OCH3 is 2. The van der Waals surface area contributed by atoms with Crippen molar-refractivity contribution in [1.82, 2.24) is 5.32 Å². The van der Waals surface area contributed by atoms with Crippen molar-refractivity contribution in [2.75, 3.05) is 27.3 Å². The molecule has 0 spiro atoms. The van der Waals surface area contributed by atoms with Crippen LogP contribution >= 0.6 is 0 Å². The molecule has 1 aliphatic rings. The van der Waals surface area contributed by atoms with Crippen LogP contribution in [0.2, 0.25) is 0 Å². The van der Waals surface area contributed by atoms with E-state index >= 15 is 0 Å². The predicted octanol–water partition coefficient (Wildman–Crippen LogP) is 2.42. The predicted molar refractivity (Wildman–Crippen MR) is 68.9 cm³/mol. The van der Waals surface area contributed by atoms with Gasteiger partial charge in [-0.15, -0.1) is 0 Å². The first kappa shape index (κ1) is 12.2. The number of ether oxygens (including phenoxy) is 2. The van der Waals surface area contributed by atoms with Gasteiger partial charge in [0, 0.05) is 6.07 Å². The summed E-state index contributed by atoms with van der Waals surface area (Å²) < 4.78 is 10.7. The van der Waals surface area contributed by atoms with E-state index in [-0.39, 0.29) is 0 Å². The third-order valence-electron chi connectivity index (χ3n) is 3.74. The lowest BCUT2D eigenvalue weighted by molar-refractivity contribution is 0.381. The zero-order valence-corrected chi connectivity index (χ0v) is 10.8. The van der Waals surface area contributed by atoms with Crippen LogP contribution in [0.1, 0.15) is 24.8 Å². The van der Waals surface area contributed by atoms with Gasteiger partial charge in [-0.3, -0.25) is 0 Å². The number of rotatable bonds is 4. The van der Waals surface area contributed by atoms with Gasteiger partial charge in [-0.25, -0.2) is 0 Å². The van der Waals surface area contributed by atoms with Gasteiger partial charge in [0.15, 0.2) is 0 Å². The van der Waals surface area contributed by atoms with E-state index in [4.69, 9.17) is 9.47 Å². The van der Waals surface area contributed by atoms with Gasteiger partial charge in [0.05, 0.1) is 14.2 Å². The van der Waals surface area contributed by atoms with Crippen LogP contribution in [0.25, 0.3) is 0 Å². The lowest BCUT2D eigenvalue weighted by Crippen LogP contribution is -2.14. The Labute approximate surface area is 103 Å². The van der Waals surface area contributed by atoms with Crippen LogP contribution < -0.4 is 14.8 Å². The third kappa shape index (κ3) is 2.55. The van der Waals surface area contributed by atoms with Crippen molar-refractivity contribution < 1.29 is 9.47 Å². The molecule has 0 amide bonds. The molecule has 0 saturated carbocycles. The summed E-state index contributed by atoms with van der Waals surface area (Å²) in [6.45, 7) is 4.52. The molecule has 2 unspecified atom stereocenters. The number of benzene rings is 1. The molecule has 1 heterocycles. The maximum Gasteiger partial charge on any atom is 0.126 e. The van der Waals surface area contributed by atoms with E-state index in [0.717, 1.165) is 24.6 Å². The Balaban J connectivity index is 2.23. The molecule has 0 radical (unpaired) electrons. The summed E-state index contributed by atoms with van der Waals surface area (Å²) in [4.78, 5) is 0. The molecule has 1 aliphatic heterocycles. The number of hydrogen-bond donors (Lipinski definition) is 1. The average Bonchev–Trinajstić information content (AvgIpc) is 2.91. The SMILES string of the molecule is COc1ccc(C(C)C2CCNC2)c(OC)c1. The minimum Gasteiger partial charge on any atom is -0.497 e. The van der Waals surface area contributed by atoms with Crippen molar-refractivity contribution in [2.45, 2.75) is 19.3 Å². The smallest absolute Gasteiger partial charge is 0.126 e. The summed E-state index contributed by atoms with van der Waals surface area (Å²) in [6, 6.07) is 6.10. The highest BCUT2D eigenvalue weighted by molar-refractivity contribution is 5.42. The molecule has 1 saturated heterocycles. The second kappa shape index (κ2) is 5.41. The van der Waals surface area contributed by atoms with Gasteiger partial charge >= 0.3 is 0 Å². The molecule has 1 fully saturated rings. The molecule has 1 aromatic rings. The Morgan fingerprint density at radius 1 is 1.29 bits per heavy atom. The Hall–Kier alpha value is -1.22. The van der Waals surface area contributed by atoms with Crippen LogP contribution in [0.15, 0.2) is 18.2 Å². The van der Waals surface area contributed by atoms with Gasteiger partial charge in [0.2, 0.25) is 0 Å². The fourth-order valence-electron chi connectivity index (χ4n) is 2.55. The van der Waals surface area contributed by atoms with Crippen LogP contribution in [0.4, 0.5) is 0 Å². The lowest BCUT2D eigenvalue weighted by Gasteiger charge is -2.21. The first-order valence-electron chi connectivity index (χ1n) is 6.19. The fourth-order valence-corrected chi connectivity index (χ4v) is 2.55. The van der Waals surface area contributed by atoms with Gasteiger partial charge in [-0.05, 0) is 43.0 Å². The minimum atomic E-state index is 0.519. The standard InChI is InChI=1S/C14H21NO2/c1-10(11-6-7-15-9-11)13-5-4-12(16-2)8-14(13)17-3/h4-5,8,10-11,15H,6-7,9H2,1-3H3. The number of nitrogens with one attached hydrogen (secondary N) is 1. The summed E-state index contributed by atoms with van der Waals surface area (Å²) in [5.74, 6) is 3.01. The topological polar surface area (TPSA) is 30.5 Å². The highest BCUT2D eigenvalue weighted by Gasteiger charge is 2.24. The van der Waals surface area contributed by atoms with Gasteiger partial charge in [0.1, 0.15) is 11.5 Å². The van der Waals surface area contributed by atoms with E-state index in [1.807, 2.05) is 12.1 Å². The summed E-state index contributed by atoms with van der Waals surface area (Å²) in [5, 5.41) is 3.42. The van der Waals surface area contributed by atoms with Gasteiger partial charge in [-0.1, -0.05) is 13.0 Å². The van der Waals surface area contributed by atoms with Gasteiger partial charge < -0.3 is 14.8 Å². The third-order valence-corrected chi connectivity index (χ3v) is 3.74. The normalized spacial score (nSPS) is 21.2. The van der Waals surface area contributed by atoms with E-state index < -0.39 is 0 Å². The Morgan fingerprint density at radius 2 is 2.12 bits per heavy atom. The van der Waals surface area contributed by atoms with Crippen LogP contribution in [0.5, 0.6) is 11.5 Å². The first-order valence-corrected chi connectivity index (χ1v) is 6.19. The quantitative estimate of drug-likeness (QED) is 0.869. The van der Waals surface area contributed by atoms with Crippen molar-refractivity contribution in [3.05, 3.63) is 23.8 Å². The maximum atomic E-state index is 5.47. The second-order valence-electron chi connectivity index (χ2n) is 4.65. The van der Waals surface area contributed by atoms with E-state index in [9.17, 15) is 0 Å². The van der Waals surface area contributed by atoms with Gasteiger partial charge in [0.25, 0.3) is 0 Å². The van der Waals surface area contributed by atoms with Crippen molar-refractivity contribution in [3.8, 4) is 11.5 Å². The van der Waals surface area contributed by atoms with Crippen molar-refractivity contribution in [2.24, 2.45) is 5.92 Å². The molecule has 17 heavy (non-hydrogen) atoms. The Kier molecular flexibility index (Phi) is 3.89. The highest BCUT2D eigenvalue weighted by Crippen LogP contribution is 2.36. The lowest BCUT2D eigenvalue weighted by atomic mass is 9.86. The van der Waals surface area contributed by atoms with Crippen molar-refractivity contribution >= 4 is 0 Å². The molecule has 0 aliphatic carbocycles. The van der Waals surface area contributed by atoms with Gasteiger partial charge in [-0.2, -0.15) is 0 Å². The van der Waals surface area contributed by atoms with E-state index in [1.165, 1.54) is 12.0 Å². The van der Waals surface area contributed by atoms with Crippen LogP contribution in [0, 0.1) is 5.92 Å². The molecule has 3 heteroatoms. The molecular weight excluding hydrogens is 214 g/mol. The maximum absolute atomic E-state index is 5.47. The fraction of sp³-hybridized carbons (Fsp3) is 0.571. The summed E-state index contributed by atoms with van der Waals surface area (Å²) in [7, 11) is 3.40. The zero-order chi connectivity index (χ0) is 12.3. The molecular formula is C14H21NO2. The molecule has 2 atom stereocenters. The minimum absolute atomic E-state index is 0.519. The van der Waals surface area contributed by atoms with Crippen LogP contribution in [-0.4, -0.2) is 27.3 Å². The van der Waals surface area contributed by atoms with Crippen LogP contribution in [0.3, 0.4) is 0 Å². The zero-order valence-electron chi connectivity index (χ0n) is 10.8. The van der Waals surface area contributed by atoms with Crippen molar-refractivity contribution in [1.29, 1.82) is 0 Å². The summed E-state index contributed by atoms with van der Waals surface area (Å²) >= 11 is 0. The molecule has 2 rings (SSSR count). The average molecular weight is 235 g/mol.